The minimum absolute atomic E-state index is 0.558. The normalized spacial score (nSPS) is 20.4. The number of hydrogen-bond donors (Lipinski definition) is 1. The number of nitrogens with one attached hydrogen (secondary N) is 1. The van der Waals surface area contributed by atoms with Crippen LogP contribution >= 0.6 is 0 Å². The maximum absolute atomic E-state index is 4.19. The highest BCUT2D eigenvalue weighted by Gasteiger charge is 2.26. The van der Waals surface area contributed by atoms with E-state index in [9.17, 15) is 0 Å². The number of rotatable bonds is 3. The van der Waals surface area contributed by atoms with Crippen molar-refractivity contribution < 1.29 is 0 Å². The first-order chi connectivity index (χ1) is 8.07. The number of nitrogens with zero attached hydrogens (tertiary/aromatic N) is 1. The molecule has 2 nitrogen and oxygen atoms in total. The molecule has 1 fully saturated rings. The van der Waals surface area contributed by atoms with E-state index in [1.54, 1.807) is 0 Å². The van der Waals surface area contributed by atoms with Crippen LogP contribution in [0.25, 0.3) is 0 Å². The summed E-state index contributed by atoms with van der Waals surface area (Å²) in [5, 5.41) is 3.68. The monoisotopic (exact) mass is 232 g/mol. The number of pyridine rings is 1. The summed E-state index contributed by atoms with van der Waals surface area (Å²) in [5.41, 5.74) is 3.23. The Morgan fingerprint density at radius 2 is 2.06 bits per heavy atom. The van der Waals surface area contributed by atoms with Crippen molar-refractivity contribution in [2.45, 2.75) is 59.0 Å². The van der Waals surface area contributed by atoms with Crippen LogP contribution in [0.3, 0.4) is 0 Å². The van der Waals surface area contributed by atoms with Crippen molar-refractivity contribution in [3.63, 3.8) is 0 Å². The Hall–Kier alpha value is -0.890. The molecule has 1 N–H and O–H groups in total. The second-order valence-electron chi connectivity index (χ2n) is 6.12. The number of aryl methyl sites for hydroxylation is 1. The van der Waals surface area contributed by atoms with Gasteiger partial charge in [0.15, 0.2) is 0 Å². The molecule has 1 aromatic rings. The van der Waals surface area contributed by atoms with E-state index in [-0.39, 0.29) is 0 Å². The van der Waals surface area contributed by atoms with Gasteiger partial charge in [-0.25, -0.2) is 0 Å². The van der Waals surface area contributed by atoms with E-state index < -0.39 is 0 Å². The van der Waals surface area contributed by atoms with Gasteiger partial charge in [-0.2, -0.15) is 0 Å². The zero-order valence-electron chi connectivity index (χ0n) is 11.3. The third-order valence-electron chi connectivity index (χ3n) is 4.07. The molecule has 1 aromatic heterocycles. The molecule has 1 heterocycles. The third kappa shape index (κ3) is 3.53. The molecule has 0 amide bonds. The average molecular weight is 232 g/mol. The summed E-state index contributed by atoms with van der Waals surface area (Å²) in [6.45, 7) is 7.89. The van der Waals surface area contributed by atoms with E-state index in [2.05, 4.69) is 37.1 Å². The summed E-state index contributed by atoms with van der Waals surface area (Å²) in [4.78, 5) is 4.19. The molecule has 1 aliphatic rings. The number of hydrogen-bond acceptors (Lipinski definition) is 2. The minimum atomic E-state index is 0.558. The topological polar surface area (TPSA) is 24.9 Å². The molecular formula is C15H24N2. The van der Waals surface area contributed by atoms with E-state index in [4.69, 9.17) is 0 Å². The first-order valence-electron chi connectivity index (χ1n) is 6.70. The van der Waals surface area contributed by atoms with Gasteiger partial charge in [-0.15, -0.1) is 0 Å². The SMILES string of the molecule is Cc1ccncc1CNC1CCC(C)(C)CC1. The van der Waals surface area contributed by atoms with Crippen LogP contribution in [0.1, 0.15) is 50.7 Å². The van der Waals surface area contributed by atoms with Crippen molar-refractivity contribution in [1.82, 2.24) is 10.3 Å². The van der Waals surface area contributed by atoms with Crippen LogP contribution in [-0.4, -0.2) is 11.0 Å². The molecule has 0 saturated heterocycles. The highest BCUT2D eigenvalue weighted by atomic mass is 14.9. The van der Waals surface area contributed by atoms with Gasteiger partial charge >= 0.3 is 0 Å². The van der Waals surface area contributed by atoms with Crippen LogP contribution in [0.5, 0.6) is 0 Å². The van der Waals surface area contributed by atoms with Crippen molar-refractivity contribution in [1.29, 1.82) is 0 Å². The molecular weight excluding hydrogens is 208 g/mol. The predicted octanol–water partition coefficient (Wildman–Crippen LogP) is 3.45. The van der Waals surface area contributed by atoms with Gasteiger partial charge < -0.3 is 5.32 Å². The fourth-order valence-corrected chi connectivity index (χ4v) is 2.54. The largest absolute Gasteiger partial charge is 0.310 e. The molecule has 0 unspecified atom stereocenters. The molecule has 0 aromatic carbocycles. The van der Waals surface area contributed by atoms with E-state index in [1.807, 2.05) is 12.4 Å². The van der Waals surface area contributed by atoms with Gasteiger partial charge in [-0.3, -0.25) is 4.98 Å². The van der Waals surface area contributed by atoms with Crippen molar-refractivity contribution >= 4 is 0 Å². The Kier molecular flexibility index (Phi) is 3.82. The summed E-state index contributed by atoms with van der Waals surface area (Å²) < 4.78 is 0. The second kappa shape index (κ2) is 5.18. The molecule has 2 heteroatoms. The van der Waals surface area contributed by atoms with Crippen LogP contribution in [0.2, 0.25) is 0 Å². The molecule has 0 bridgehead atoms. The highest BCUT2D eigenvalue weighted by Crippen LogP contribution is 2.35. The fraction of sp³-hybridized carbons (Fsp3) is 0.667. The Bertz CT molecular complexity index is 361. The van der Waals surface area contributed by atoms with Gasteiger partial charge in [0.05, 0.1) is 0 Å². The Morgan fingerprint density at radius 3 is 2.71 bits per heavy atom. The minimum Gasteiger partial charge on any atom is -0.310 e. The lowest BCUT2D eigenvalue weighted by molar-refractivity contribution is 0.206. The summed E-state index contributed by atoms with van der Waals surface area (Å²) in [6, 6.07) is 2.78. The summed E-state index contributed by atoms with van der Waals surface area (Å²) in [6.07, 6.45) is 9.16. The zero-order chi connectivity index (χ0) is 12.3. The standard InChI is InChI=1S/C15H24N2/c1-12-6-9-16-10-13(12)11-17-14-4-7-15(2,3)8-5-14/h6,9-10,14,17H,4-5,7-8,11H2,1-3H3. The van der Waals surface area contributed by atoms with Gasteiger partial charge in [0.2, 0.25) is 0 Å². The zero-order valence-corrected chi connectivity index (χ0v) is 11.3. The molecule has 2 rings (SSSR count). The maximum Gasteiger partial charge on any atom is 0.0315 e. The van der Waals surface area contributed by atoms with Crippen LogP contribution in [-0.2, 0) is 6.54 Å². The number of aromatic nitrogens is 1. The molecule has 0 spiro atoms. The molecule has 0 radical (unpaired) electrons. The van der Waals surface area contributed by atoms with E-state index in [0.29, 0.717) is 11.5 Å². The second-order valence-corrected chi connectivity index (χ2v) is 6.12. The van der Waals surface area contributed by atoms with Crippen molar-refractivity contribution in [3.8, 4) is 0 Å². The van der Waals surface area contributed by atoms with Crippen molar-refractivity contribution in [3.05, 3.63) is 29.6 Å². The van der Waals surface area contributed by atoms with E-state index in [1.165, 1.54) is 36.8 Å². The first kappa shape index (κ1) is 12.6. The quantitative estimate of drug-likeness (QED) is 0.863. The third-order valence-corrected chi connectivity index (χ3v) is 4.07. The Labute approximate surface area is 105 Å². The summed E-state index contributed by atoms with van der Waals surface area (Å²) in [5.74, 6) is 0. The molecule has 1 saturated carbocycles. The lowest BCUT2D eigenvalue weighted by Crippen LogP contribution is -2.35. The van der Waals surface area contributed by atoms with E-state index in [0.717, 1.165) is 6.54 Å². The van der Waals surface area contributed by atoms with Crippen molar-refractivity contribution in [2.24, 2.45) is 5.41 Å². The lowest BCUT2D eigenvalue weighted by Gasteiger charge is -2.34. The van der Waals surface area contributed by atoms with Crippen LogP contribution in [0.4, 0.5) is 0 Å². The van der Waals surface area contributed by atoms with Gasteiger partial charge in [0.1, 0.15) is 0 Å². The molecule has 0 atom stereocenters. The van der Waals surface area contributed by atoms with Crippen LogP contribution < -0.4 is 5.32 Å². The maximum atomic E-state index is 4.19. The molecule has 0 aliphatic heterocycles. The van der Waals surface area contributed by atoms with Gasteiger partial charge in [0, 0.05) is 25.0 Å². The van der Waals surface area contributed by atoms with Crippen molar-refractivity contribution in [2.75, 3.05) is 0 Å². The molecule has 1 aliphatic carbocycles. The van der Waals surface area contributed by atoms with E-state index >= 15 is 0 Å². The highest BCUT2D eigenvalue weighted by molar-refractivity contribution is 5.21. The Balaban J connectivity index is 1.82. The van der Waals surface area contributed by atoms with Gasteiger partial charge in [-0.1, -0.05) is 13.8 Å². The molecule has 94 valence electrons. The predicted molar refractivity (Wildman–Crippen MR) is 71.9 cm³/mol. The average Bonchev–Trinajstić information content (AvgIpc) is 2.30. The van der Waals surface area contributed by atoms with Gasteiger partial charge in [0.25, 0.3) is 0 Å². The Morgan fingerprint density at radius 1 is 1.35 bits per heavy atom. The lowest BCUT2D eigenvalue weighted by atomic mass is 9.75. The van der Waals surface area contributed by atoms with Gasteiger partial charge in [-0.05, 0) is 55.2 Å². The first-order valence-corrected chi connectivity index (χ1v) is 6.70. The van der Waals surface area contributed by atoms with Crippen LogP contribution in [0.15, 0.2) is 18.5 Å². The molecule has 17 heavy (non-hydrogen) atoms. The summed E-state index contributed by atoms with van der Waals surface area (Å²) in [7, 11) is 0. The summed E-state index contributed by atoms with van der Waals surface area (Å²) >= 11 is 0. The van der Waals surface area contributed by atoms with Crippen LogP contribution in [0, 0.1) is 12.3 Å². The smallest absolute Gasteiger partial charge is 0.0315 e. The fourth-order valence-electron chi connectivity index (χ4n) is 2.54.